The molecule has 0 heterocycles. The van der Waals surface area contributed by atoms with Gasteiger partial charge in [0, 0.05) is 17.8 Å². The second-order valence-corrected chi connectivity index (χ2v) is 5.31. The van der Waals surface area contributed by atoms with Gasteiger partial charge in [-0.25, -0.2) is 8.78 Å². The molecule has 5 heteroatoms. The van der Waals surface area contributed by atoms with E-state index in [0.717, 1.165) is 12.1 Å². The molecular weight excluding hydrogens is 288 g/mol. The first kappa shape index (κ1) is 15.9. The molecule has 116 valence electrons. The fraction of sp³-hybridized carbons (Fsp3) is 0.235. The van der Waals surface area contributed by atoms with Gasteiger partial charge in [0.15, 0.2) is 0 Å². The summed E-state index contributed by atoms with van der Waals surface area (Å²) >= 11 is 0. The minimum atomic E-state index is -0.898. The van der Waals surface area contributed by atoms with E-state index < -0.39 is 17.5 Å². The molecule has 0 aromatic heterocycles. The molecule has 1 amide bonds. The molecule has 0 atom stereocenters. The third-order valence-electron chi connectivity index (χ3n) is 2.85. The number of anilines is 1. The standard InChI is InChI=1S/C17H17F2NO2/c1-11(2)10-22-14-5-3-4-13(9-14)20-17(21)15-7-6-12(18)8-16(15)19/h3-9,11H,10H2,1-2H3,(H,20,21). The van der Waals surface area contributed by atoms with Gasteiger partial charge in [-0.15, -0.1) is 0 Å². The molecule has 0 aliphatic heterocycles. The quantitative estimate of drug-likeness (QED) is 0.896. The van der Waals surface area contributed by atoms with E-state index in [1.807, 2.05) is 13.8 Å². The fourth-order valence-electron chi connectivity index (χ4n) is 1.80. The van der Waals surface area contributed by atoms with Crippen LogP contribution >= 0.6 is 0 Å². The van der Waals surface area contributed by atoms with Crippen LogP contribution in [0.5, 0.6) is 5.75 Å². The van der Waals surface area contributed by atoms with Crippen molar-refractivity contribution in [1.29, 1.82) is 0 Å². The van der Waals surface area contributed by atoms with Crippen molar-refractivity contribution in [1.82, 2.24) is 0 Å². The minimum absolute atomic E-state index is 0.213. The first-order valence-corrected chi connectivity index (χ1v) is 6.95. The number of amides is 1. The van der Waals surface area contributed by atoms with E-state index in [-0.39, 0.29) is 5.56 Å². The van der Waals surface area contributed by atoms with Crippen LogP contribution in [0.3, 0.4) is 0 Å². The Kier molecular flexibility index (Phi) is 5.09. The van der Waals surface area contributed by atoms with E-state index >= 15 is 0 Å². The topological polar surface area (TPSA) is 38.3 Å². The summed E-state index contributed by atoms with van der Waals surface area (Å²) in [6, 6.07) is 9.66. The molecule has 0 aliphatic rings. The van der Waals surface area contributed by atoms with Crippen LogP contribution in [0.4, 0.5) is 14.5 Å². The van der Waals surface area contributed by atoms with Gasteiger partial charge in [0.2, 0.25) is 0 Å². The monoisotopic (exact) mass is 305 g/mol. The van der Waals surface area contributed by atoms with Gasteiger partial charge < -0.3 is 10.1 Å². The molecule has 0 unspecified atom stereocenters. The van der Waals surface area contributed by atoms with Crippen LogP contribution in [0.2, 0.25) is 0 Å². The fourth-order valence-corrected chi connectivity index (χ4v) is 1.80. The number of rotatable bonds is 5. The van der Waals surface area contributed by atoms with Crippen molar-refractivity contribution in [2.45, 2.75) is 13.8 Å². The lowest BCUT2D eigenvalue weighted by molar-refractivity contribution is 0.102. The SMILES string of the molecule is CC(C)COc1cccc(NC(=O)c2ccc(F)cc2F)c1. The zero-order chi connectivity index (χ0) is 16.1. The Morgan fingerprint density at radius 1 is 1.18 bits per heavy atom. The van der Waals surface area contributed by atoms with Crippen molar-refractivity contribution in [3.63, 3.8) is 0 Å². The summed E-state index contributed by atoms with van der Waals surface area (Å²) in [5.74, 6) is -1.26. The van der Waals surface area contributed by atoms with Crippen molar-refractivity contribution in [3.8, 4) is 5.75 Å². The van der Waals surface area contributed by atoms with Gasteiger partial charge in [-0.05, 0) is 30.2 Å². The van der Waals surface area contributed by atoms with Crippen LogP contribution < -0.4 is 10.1 Å². The summed E-state index contributed by atoms with van der Waals surface area (Å²) in [5.41, 5.74) is 0.268. The zero-order valence-electron chi connectivity index (χ0n) is 12.4. The Morgan fingerprint density at radius 3 is 2.64 bits per heavy atom. The lowest BCUT2D eigenvalue weighted by Gasteiger charge is -2.11. The molecule has 1 N–H and O–H groups in total. The van der Waals surface area contributed by atoms with Crippen molar-refractivity contribution < 1.29 is 18.3 Å². The Hall–Kier alpha value is -2.43. The summed E-state index contributed by atoms with van der Waals surface area (Å²) < 4.78 is 32.0. The van der Waals surface area contributed by atoms with Gasteiger partial charge in [-0.1, -0.05) is 19.9 Å². The molecule has 0 fully saturated rings. The highest BCUT2D eigenvalue weighted by molar-refractivity contribution is 6.04. The first-order valence-electron chi connectivity index (χ1n) is 6.95. The second-order valence-electron chi connectivity index (χ2n) is 5.31. The number of carbonyl (C=O) groups excluding carboxylic acids is 1. The van der Waals surface area contributed by atoms with Gasteiger partial charge in [0.1, 0.15) is 17.4 Å². The van der Waals surface area contributed by atoms with E-state index in [2.05, 4.69) is 5.32 Å². The maximum Gasteiger partial charge on any atom is 0.258 e. The number of hydrogen-bond acceptors (Lipinski definition) is 2. The van der Waals surface area contributed by atoms with E-state index in [1.165, 1.54) is 0 Å². The van der Waals surface area contributed by atoms with Crippen LogP contribution in [-0.4, -0.2) is 12.5 Å². The molecule has 0 saturated heterocycles. The molecular formula is C17H17F2NO2. The first-order chi connectivity index (χ1) is 10.5. The molecule has 3 nitrogen and oxygen atoms in total. The second kappa shape index (κ2) is 7.02. The molecule has 0 bridgehead atoms. The third-order valence-corrected chi connectivity index (χ3v) is 2.85. The number of ether oxygens (including phenoxy) is 1. The molecule has 0 spiro atoms. The summed E-state index contributed by atoms with van der Waals surface area (Å²) in [4.78, 5) is 12.0. The number of nitrogens with one attached hydrogen (secondary N) is 1. The van der Waals surface area contributed by atoms with Gasteiger partial charge >= 0.3 is 0 Å². The summed E-state index contributed by atoms with van der Waals surface area (Å²) in [5, 5.41) is 2.57. The van der Waals surface area contributed by atoms with Gasteiger partial charge in [0.25, 0.3) is 5.91 Å². The number of carbonyl (C=O) groups is 1. The third kappa shape index (κ3) is 4.28. The molecule has 0 aliphatic carbocycles. The van der Waals surface area contributed by atoms with Gasteiger partial charge in [-0.3, -0.25) is 4.79 Å². The number of benzene rings is 2. The van der Waals surface area contributed by atoms with E-state index in [0.29, 0.717) is 30.0 Å². The minimum Gasteiger partial charge on any atom is -0.493 e. The van der Waals surface area contributed by atoms with E-state index in [1.54, 1.807) is 24.3 Å². The Bertz CT molecular complexity index is 671. The van der Waals surface area contributed by atoms with Crippen LogP contribution in [0.15, 0.2) is 42.5 Å². The maximum absolute atomic E-state index is 13.6. The predicted molar refractivity (Wildman–Crippen MR) is 81.1 cm³/mol. The summed E-state index contributed by atoms with van der Waals surface area (Å²) in [7, 11) is 0. The summed E-state index contributed by atoms with van der Waals surface area (Å²) in [6.07, 6.45) is 0. The van der Waals surface area contributed by atoms with Crippen molar-refractivity contribution in [2.75, 3.05) is 11.9 Å². The van der Waals surface area contributed by atoms with Crippen LogP contribution in [0, 0.1) is 17.6 Å². The number of halogens is 2. The van der Waals surface area contributed by atoms with Crippen molar-refractivity contribution >= 4 is 11.6 Å². The highest BCUT2D eigenvalue weighted by Crippen LogP contribution is 2.19. The average Bonchev–Trinajstić information content (AvgIpc) is 2.45. The van der Waals surface area contributed by atoms with E-state index in [4.69, 9.17) is 4.74 Å². The average molecular weight is 305 g/mol. The van der Waals surface area contributed by atoms with E-state index in [9.17, 15) is 13.6 Å². The summed E-state index contributed by atoms with van der Waals surface area (Å²) in [6.45, 7) is 4.62. The number of hydrogen-bond donors (Lipinski definition) is 1. The van der Waals surface area contributed by atoms with Crippen LogP contribution in [-0.2, 0) is 0 Å². The molecule has 0 saturated carbocycles. The Balaban J connectivity index is 2.09. The van der Waals surface area contributed by atoms with Crippen LogP contribution in [0.25, 0.3) is 0 Å². The molecule has 22 heavy (non-hydrogen) atoms. The highest BCUT2D eigenvalue weighted by Gasteiger charge is 2.13. The molecule has 2 rings (SSSR count). The van der Waals surface area contributed by atoms with Crippen LogP contribution in [0.1, 0.15) is 24.2 Å². The smallest absolute Gasteiger partial charge is 0.258 e. The lowest BCUT2D eigenvalue weighted by Crippen LogP contribution is -2.14. The zero-order valence-corrected chi connectivity index (χ0v) is 12.4. The highest BCUT2D eigenvalue weighted by atomic mass is 19.1. The van der Waals surface area contributed by atoms with Crippen molar-refractivity contribution in [2.24, 2.45) is 5.92 Å². The molecule has 2 aromatic carbocycles. The maximum atomic E-state index is 13.6. The molecule has 0 radical (unpaired) electrons. The van der Waals surface area contributed by atoms with Crippen molar-refractivity contribution in [3.05, 3.63) is 59.7 Å². The van der Waals surface area contributed by atoms with Gasteiger partial charge in [-0.2, -0.15) is 0 Å². The Labute approximate surface area is 127 Å². The normalized spacial score (nSPS) is 10.6. The largest absolute Gasteiger partial charge is 0.493 e. The molecule has 2 aromatic rings. The van der Waals surface area contributed by atoms with Gasteiger partial charge in [0.05, 0.1) is 12.2 Å². The predicted octanol–water partition coefficient (Wildman–Crippen LogP) is 4.25. The Morgan fingerprint density at radius 2 is 1.95 bits per heavy atom. The lowest BCUT2D eigenvalue weighted by atomic mass is 10.2.